The minimum absolute atomic E-state index is 0.0223. The number of hydrogen-bond acceptors (Lipinski definition) is 4. The van der Waals surface area contributed by atoms with Crippen LogP contribution in [-0.2, 0) is 17.1 Å². The van der Waals surface area contributed by atoms with Crippen LogP contribution in [0, 0.1) is 0 Å². The van der Waals surface area contributed by atoms with Crippen molar-refractivity contribution in [3.63, 3.8) is 0 Å². The zero-order valence-corrected chi connectivity index (χ0v) is 13.3. The first-order valence-corrected chi connectivity index (χ1v) is 7.86. The fraction of sp³-hybridized carbons (Fsp3) is 0.111. The van der Waals surface area contributed by atoms with Gasteiger partial charge in [0.25, 0.3) is 10.0 Å². The van der Waals surface area contributed by atoms with E-state index in [1.807, 2.05) is 0 Å². The molecule has 10 heteroatoms. The molecule has 0 fully saturated rings. The zero-order valence-electron chi connectivity index (χ0n) is 9.43. The summed E-state index contributed by atoms with van der Waals surface area (Å²) >= 11 is 14.8. The van der Waals surface area contributed by atoms with Crippen molar-refractivity contribution in [3.05, 3.63) is 33.1 Å². The molecule has 0 atom stereocenters. The van der Waals surface area contributed by atoms with Crippen molar-refractivity contribution < 1.29 is 8.42 Å². The number of rotatable bonds is 3. The predicted molar refractivity (Wildman–Crippen MR) is 76.0 cm³/mol. The first-order chi connectivity index (χ1) is 8.81. The van der Waals surface area contributed by atoms with Crippen LogP contribution in [0.25, 0.3) is 0 Å². The number of sulfonamides is 1. The third kappa shape index (κ3) is 3.02. The third-order valence-corrected chi connectivity index (χ3v) is 4.75. The summed E-state index contributed by atoms with van der Waals surface area (Å²) in [6.45, 7) is 0. The summed E-state index contributed by atoms with van der Waals surface area (Å²) in [7, 11) is -2.42. The highest BCUT2D eigenvalue weighted by atomic mass is 79.9. The summed E-state index contributed by atoms with van der Waals surface area (Å²) in [5.41, 5.74) is 0.147. The Morgan fingerprint density at radius 3 is 2.63 bits per heavy atom. The van der Waals surface area contributed by atoms with E-state index in [0.29, 0.717) is 4.47 Å². The van der Waals surface area contributed by atoms with Gasteiger partial charge >= 0.3 is 0 Å². The maximum atomic E-state index is 12.2. The molecule has 0 spiro atoms. The van der Waals surface area contributed by atoms with Crippen molar-refractivity contribution in [2.45, 2.75) is 5.03 Å². The summed E-state index contributed by atoms with van der Waals surface area (Å²) in [6, 6.07) is 1.50. The van der Waals surface area contributed by atoms with Crippen LogP contribution in [-0.4, -0.2) is 23.2 Å². The lowest BCUT2D eigenvalue weighted by Gasteiger charge is -2.09. The van der Waals surface area contributed by atoms with Gasteiger partial charge in [-0.3, -0.25) is 9.40 Å². The van der Waals surface area contributed by atoms with Gasteiger partial charge in [0.1, 0.15) is 0 Å². The average Bonchev–Trinajstić information content (AvgIpc) is 2.64. The topological polar surface area (TPSA) is 76.9 Å². The van der Waals surface area contributed by atoms with Crippen molar-refractivity contribution in [1.29, 1.82) is 0 Å². The Morgan fingerprint density at radius 2 is 2.05 bits per heavy atom. The van der Waals surface area contributed by atoms with Crippen molar-refractivity contribution >= 4 is 54.8 Å². The van der Waals surface area contributed by atoms with Gasteiger partial charge in [-0.05, 0) is 22.0 Å². The number of nitrogens with zero attached hydrogens (tertiary/aromatic N) is 3. The van der Waals surface area contributed by atoms with E-state index in [1.54, 1.807) is 0 Å². The fourth-order valence-electron chi connectivity index (χ4n) is 1.39. The SMILES string of the molecule is Cn1ncc(Cl)c1S(=O)(=O)Nc1cc(Br)cnc1Cl. The molecular formula is C9H7BrCl2N4O2S. The van der Waals surface area contributed by atoms with Crippen molar-refractivity contribution in [3.8, 4) is 0 Å². The normalized spacial score (nSPS) is 11.6. The molecule has 0 unspecified atom stereocenters. The highest BCUT2D eigenvalue weighted by Crippen LogP contribution is 2.27. The molecule has 0 amide bonds. The molecule has 0 saturated heterocycles. The first kappa shape index (κ1) is 14.6. The third-order valence-electron chi connectivity index (χ3n) is 2.15. The van der Waals surface area contributed by atoms with Crippen molar-refractivity contribution in [1.82, 2.24) is 14.8 Å². The molecule has 0 radical (unpaired) electrons. The van der Waals surface area contributed by atoms with E-state index in [2.05, 4.69) is 30.7 Å². The van der Waals surface area contributed by atoms with E-state index >= 15 is 0 Å². The number of pyridine rings is 1. The van der Waals surface area contributed by atoms with Gasteiger partial charge in [0.15, 0.2) is 10.2 Å². The van der Waals surface area contributed by atoms with Crippen molar-refractivity contribution in [2.75, 3.05) is 4.72 Å². The fourth-order valence-corrected chi connectivity index (χ4v) is 3.64. The van der Waals surface area contributed by atoms with E-state index in [0.717, 1.165) is 4.68 Å². The highest BCUT2D eigenvalue weighted by Gasteiger charge is 2.24. The molecule has 2 rings (SSSR count). The van der Waals surface area contributed by atoms with Crippen LogP contribution in [0.2, 0.25) is 10.2 Å². The lowest BCUT2D eigenvalue weighted by Crippen LogP contribution is -2.17. The number of anilines is 1. The summed E-state index contributed by atoms with van der Waals surface area (Å²) in [4.78, 5) is 3.83. The Bertz CT molecular complexity index is 712. The molecule has 2 heterocycles. The van der Waals surface area contributed by atoms with Crippen LogP contribution in [0.4, 0.5) is 5.69 Å². The van der Waals surface area contributed by atoms with Crippen LogP contribution >= 0.6 is 39.1 Å². The predicted octanol–water partition coefficient (Wildman–Crippen LogP) is 2.69. The Labute approximate surface area is 127 Å². The minimum Gasteiger partial charge on any atom is -0.275 e. The minimum atomic E-state index is -3.90. The van der Waals surface area contributed by atoms with E-state index in [1.165, 1.54) is 25.5 Å². The zero-order chi connectivity index (χ0) is 14.2. The van der Waals surface area contributed by atoms with Crippen LogP contribution in [0.3, 0.4) is 0 Å². The van der Waals surface area contributed by atoms with Gasteiger partial charge in [-0.25, -0.2) is 4.98 Å². The van der Waals surface area contributed by atoms with E-state index in [9.17, 15) is 8.42 Å². The van der Waals surface area contributed by atoms with Gasteiger partial charge in [0.05, 0.1) is 16.9 Å². The second-order valence-corrected chi connectivity index (χ2v) is 6.80. The Balaban J connectivity index is 2.45. The molecule has 2 aromatic heterocycles. The summed E-state index contributed by atoms with van der Waals surface area (Å²) in [5, 5.41) is 3.68. The maximum Gasteiger partial charge on any atom is 0.280 e. The molecule has 0 aliphatic carbocycles. The number of nitrogens with one attached hydrogen (secondary N) is 1. The Morgan fingerprint density at radius 1 is 1.37 bits per heavy atom. The number of aryl methyl sites for hydroxylation is 1. The smallest absolute Gasteiger partial charge is 0.275 e. The van der Waals surface area contributed by atoms with E-state index in [4.69, 9.17) is 23.2 Å². The molecule has 0 bridgehead atoms. The monoisotopic (exact) mass is 384 g/mol. The highest BCUT2D eigenvalue weighted by molar-refractivity contribution is 9.10. The molecule has 0 aliphatic heterocycles. The number of halogens is 3. The molecule has 0 aliphatic rings. The quantitative estimate of drug-likeness (QED) is 0.824. The van der Waals surface area contributed by atoms with Crippen LogP contribution in [0.1, 0.15) is 0 Å². The molecule has 102 valence electrons. The second kappa shape index (κ2) is 5.28. The molecule has 6 nitrogen and oxygen atoms in total. The second-order valence-electron chi connectivity index (χ2n) is 3.52. The lowest BCUT2D eigenvalue weighted by molar-refractivity contribution is 0.582. The summed E-state index contributed by atoms with van der Waals surface area (Å²) in [6.07, 6.45) is 2.70. The molecule has 0 aromatic carbocycles. The molecule has 1 N–H and O–H groups in total. The van der Waals surface area contributed by atoms with E-state index in [-0.39, 0.29) is 20.9 Å². The van der Waals surface area contributed by atoms with Gasteiger partial charge in [-0.1, -0.05) is 23.2 Å². The van der Waals surface area contributed by atoms with Gasteiger partial charge in [-0.2, -0.15) is 13.5 Å². The Hall–Kier alpha value is -0.830. The van der Waals surface area contributed by atoms with Gasteiger partial charge in [0, 0.05) is 17.7 Å². The van der Waals surface area contributed by atoms with Crippen molar-refractivity contribution in [2.24, 2.45) is 7.05 Å². The molecular weight excluding hydrogens is 379 g/mol. The van der Waals surface area contributed by atoms with Crippen LogP contribution in [0.5, 0.6) is 0 Å². The van der Waals surface area contributed by atoms with Gasteiger partial charge in [0.2, 0.25) is 0 Å². The van der Waals surface area contributed by atoms with E-state index < -0.39 is 10.0 Å². The largest absolute Gasteiger partial charge is 0.280 e. The maximum absolute atomic E-state index is 12.2. The lowest BCUT2D eigenvalue weighted by atomic mass is 10.4. The molecule has 0 saturated carbocycles. The van der Waals surface area contributed by atoms with Crippen LogP contribution in [0.15, 0.2) is 28.0 Å². The van der Waals surface area contributed by atoms with Crippen LogP contribution < -0.4 is 4.72 Å². The number of hydrogen-bond donors (Lipinski definition) is 1. The Kier molecular flexibility index (Phi) is 4.05. The molecule has 19 heavy (non-hydrogen) atoms. The number of aromatic nitrogens is 3. The summed E-state index contributed by atoms with van der Waals surface area (Å²) in [5.74, 6) is 0. The van der Waals surface area contributed by atoms with Gasteiger partial charge in [-0.15, -0.1) is 0 Å². The first-order valence-electron chi connectivity index (χ1n) is 4.82. The molecule has 2 aromatic rings. The van der Waals surface area contributed by atoms with Gasteiger partial charge < -0.3 is 0 Å². The average molecular weight is 386 g/mol. The standard InChI is InChI=1S/C9H7BrCl2N4O2S/c1-16-9(6(11)4-14-16)19(17,18)15-7-2-5(10)3-13-8(7)12/h2-4,15H,1H3. The summed E-state index contributed by atoms with van der Waals surface area (Å²) < 4.78 is 28.5.